The Hall–Kier alpha value is -2.82. The molecule has 1 aromatic heterocycles. The lowest BCUT2D eigenvalue weighted by Gasteiger charge is -2.21. The molecule has 0 aliphatic rings. The van der Waals surface area contributed by atoms with Crippen LogP contribution in [0.25, 0.3) is 0 Å². The van der Waals surface area contributed by atoms with Crippen molar-refractivity contribution in [3.63, 3.8) is 0 Å². The van der Waals surface area contributed by atoms with E-state index in [2.05, 4.69) is 11.6 Å². The van der Waals surface area contributed by atoms with Crippen LogP contribution in [0.3, 0.4) is 0 Å². The first kappa shape index (κ1) is 16.5. The molecule has 0 radical (unpaired) electrons. The topological polar surface area (TPSA) is 62.4 Å². The van der Waals surface area contributed by atoms with Crippen LogP contribution < -0.4 is 10.3 Å². The monoisotopic (exact) mass is 312 g/mol. The summed E-state index contributed by atoms with van der Waals surface area (Å²) in [4.78, 5) is 28.5. The van der Waals surface area contributed by atoms with Gasteiger partial charge in [0.25, 0.3) is 11.5 Å². The molecule has 1 N–H and O–H groups in total. The average molecular weight is 312 g/mol. The van der Waals surface area contributed by atoms with E-state index in [4.69, 9.17) is 4.74 Å². The van der Waals surface area contributed by atoms with E-state index < -0.39 is 5.56 Å². The average Bonchev–Trinajstić information content (AvgIpc) is 2.55. The Kier molecular flexibility index (Phi) is 5.74. The minimum absolute atomic E-state index is 0.121. The Labute approximate surface area is 135 Å². The number of H-pyrrole nitrogens is 1. The maximum Gasteiger partial charge on any atom is 0.260 e. The SMILES string of the molecule is C=CCN(Cc1cccc(OCC)c1)C(=O)c1ccc[nH]c1=O. The number of rotatable bonds is 7. The number of aromatic amines is 1. The van der Waals surface area contributed by atoms with Crippen LogP contribution in [0, 0.1) is 0 Å². The molecule has 0 spiro atoms. The van der Waals surface area contributed by atoms with Gasteiger partial charge in [-0.3, -0.25) is 9.59 Å². The number of benzene rings is 1. The highest BCUT2D eigenvalue weighted by Gasteiger charge is 2.18. The molecule has 0 atom stereocenters. The zero-order valence-electron chi connectivity index (χ0n) is 13.1. The van der Waals surface area contributed by atoms with Gasteiger partial charge in [0.1, 0.15) is 11.3 Å². The van der Waals surface area contributed by atoms with Crippen molar-refractivity contribution in [3.05, 3.63) is 76.7 Å². The molecule has 1 amide bonds. The first-order chi connectivity index (χ1) is 11.2. The van der Waals surface area contributed by atoms with E-state index in [1.165, 1.54) is 12.3 Å². The van der Waals surface area contributed by atoms with Crippen LogP contribution in [0.2, 0.25) is 0 Å². The molecule has 0 aliphatic carbocycles. The fourth-order valence-corrected chi connectivity index (χ4v) is 2.26. The Morgan fingerprint density at radius 2 is 2.17 bits per heavy atom. The molecule has 0 aliphatic heterocycles. The van der Waals surface area contributed by atoms with Crippen molar-refractivity contribution < 1.29 is 9.53 Å². The second-order valence-electron chi connectivity index (χ2n) is 4.97. The van der Waals surface area contributed by atoms with E-state index in [1.807, 2.05) is 31.2 Å². The van der Waals surface area contributed by atoms with E-state index in [-0.39, 0.29) is 11.5 Å². The number of nitrogens with one attached hydrogen (secondary N) is 1. The van der Waals surface area contributed by atoms with E-state index in [0.717, 1.165) is 11.3 Å². The lowest BCUT2D eigenvalue weighted by Crippen LogP contribution is -2.34. The Morgan fingerprint density at radius 1 is 1.35 bits per heavy atom. The fourth-order valence-electron chi connectivity index (χ4n) is 2.26. The third-order valence-electron chi connectivity index (χ3n) is 3.27. The summed E-state index contributed by atoms with van der Waals surface area (Å²) < 4.78 is 5.47. The largest absolute Gasteiger partial charge is 0.494 e. The van der Waals surface area contributed by atoms with Gasteiger partial charge in [-0.25, -0.2) is 0 Å². The van der Waals surface area contributed by atoms with Gasteiger partial charge in [-0.1, -0.05) is 18.2 Å². The van der Waals surface area contributed by atoms with Gasteiger partial charge in [-0.2, -0.15) is 0 Å². The normalized spacial score (nSPS) is 10.1. The Balaban J connectivity index is 2.23. The molecule has 1 heterocycles. The van der Waals surface area contributed by atoms with Crippen LogP contribution in [0.5, 0.6) is 5.75 Å². The van der Waals surface area contributed by atoms with E-state index in [9.17, 15) is 9.59 Å². The first-order valence-electron chi connectivity index (χ1n) is 7.45. The summed E-state index contributed by atoms with van der Waals surface area (Å²) in [7, 11) is 0. The molecule has 2 rings (SSSR count). The Morgan fingerprint density at radius 3 is 2.87 bits per heavy atom. The standard InChI is InChI=1S/C18H20N2O3/c1-3-11-20(18(22)16-9-6-10-19-17(16)21)13-14-7-5-8-15(12-14)23-4-2/h3,5-10,12H,1,4,11,13H2,2H3,(H,19,21). The van der Waals surface area contributed by atoms with Crippen molar-refractivity contribution >= 4 is 5.91 Å². The van der Waals surface area contributed by atoms with Gasteiger partial charge in [0, 0.05) is 19.3 Å². The quantitative estimate of drug-likeness (QED) is 0.799. The van der Waals surface area contributed by atoms with E-state index in [1.54, 1.807) is 17.0 Å². The molecule has 2 aromatic rings. The van der Waals surface area contributed by atoms with Gasteiger partial charge in [-0.05, 0) is 36.8 Å². The van der Waals surface area contributed by atoms with Gasteiger partial charge in [-0.15, -0.1) is 6.58 Å². The number of hydrogen-bond acceptors (Lipinski definition) is 3. The highest BCUT2D eigenvalue weighted by atomic mass is 16.5. The first-order valence-corrected chi connectivity index (χ1v) is 7.45. The zero-order chi connectivity index (χ0) is 16.7. The maximum absolute atomic E-state index is 12.6. The van der Waals surface area contributed by atoms with Crippen LogP contribution >= 0.6 is 0 Å². The van der Waals surface area contributed by atoms with Crippen LogP contribution in [0.1, 0.15) is 22.8 Å². The molecule has 0 bridgehead atoms. The molecular formula is C18H20N2O3. The van der Waals surface area contributed by atoms with Gasteiger partial charge < -0.3 is 14.6 Å². The zero-order valence-corrected chi connectivity index (χ0v) is 13.1. The number of aromatic nitrogens is 1. The van der Waals surface area contributed by atoms with Crippen molar-refractivity contribution in [2.45, 2.75) is 13.5 Å². The molecule has 0 unspecified atom stereocenters. The van der Waals surface area contributed by atoms with Gasteiger partial charge >= 0.3 is 0 Å². The van der Waals surface area contributed by atoms with Crippen molar-refractivity contribution in [2.24, 2.45) is 0 Å². The lowest BCUT2D eigenvalue weighted by molar-refractivity contribution is 0.0760. The van der Waals surface area contributed by atoms with E-state index in [0.29, 0.717) is 19.7 Å². The van der Waals surface area contributed by atoms with E-state index >= 15 is 0 Å². The third-order valence-corrected chi connectivity index (χ3v) is 3.27. The highest BCUT2D eigenvalue weighted by Crippen LogP contribution is 2.16. The van der Waals surface area contributed by atoms with Crippen molar-refractivity contribution in [1.82, 2.24) is 9.88 Å². The van der Waals surface area contributed by atoms with Crippen LogP contribution in [0.4, 0.5) is 0 Å². The van der Waals surface area contributed by atoms with Gasteiger partial charge in [0.2, 0.25) is 0 Å². The molecule has 5 nitrogen and oxygen atoms in total. The highest BCUT2D eigenvalue weighted by molar-refractivity contribution is 5.93. The predicted molar refractivity (Wildman–Crippen MR) is 89.6 cm³/mol. The second kappa shape index (κ2) is 7.98. The summed E-state index contributed by atoms with van der Waals surface area (Å²) in [6, 6.07) is 10.7. The molecule has 0 fully saturated rings. The second-order valence-corrected chi connectivity index (χ2v) is 4.97. The van der Waals surface area contributed by atoms with Gasteiger partial charge in [0.05, 0.1) is 6.61 Å². The number of hydrogen-bond donors (Lipinski definition) is 1. The number of pyridine rings is 1. The fraction of sp³-hybridized carbons (Fsp3) is 0.222. The molecule has 23 heavy (non-hydrogen) atoms. The summed E-state index contributed by atoms with van der Waals surface area (Å²) in [5.41, 5.74) is 0.656. The number of nitrogens with zero attached hydrogens (tertiary/aromatic N) is 1. The smallest absolute Gasteiger partial charge is 0.260 e. The van der Waals surface area contributed by atoms with Crippen molar-refractivity contribution in [2.75, 3.05) is 13.2 Å². The van der Waals surface area contributed by atoms with Crippen LogP contribution in [0.15, 0.2) is 60.0 Å². The van der Waals surface area contributed by atoms with Crippen molar-refractivity contribution in [3.8, 4) is 5.75 Å². The summed E-state index contributed by atoms with van der Waals surface area (Å²) in [6.07, 6.45) is 3.14. The molecule has 1 aromatic carbocycles. The lowest BCUT2D eigenvalue weighted by atomic mass is 10.1. The summed E-state index contributed by atoms with van der Waals surface area (Å²) >= 11 is 0. The predicted octanol–water partition coefficient (Wildman–Crippen LogP) is 2.60. The maximum atomic E-state index is 12.6. The summed E-state index contributed by atoms with van der Waals surface area (Å²) in [5.74, 6) is 0.433. The number of carbonyl (C=O) groups is 1. The summed E-state index contributed by atoms with van der Waals surface area (Å²) in [5, 5.41) is 0. The Bertz CT molecular complexity index is 737. The van der Waals surface area contributed by atoms with Crippen LogP contribution in [-0.4, -0.2) is 28.9 Å². The van der Waals surface area contributed by atoms with Crippen molar-refractivity contribution in [1.29, 1.82) is 0 Å². The third kappa shape index (κ3) is 4.32. The number of carbonyl (C=O) groups excluding carboxylic acids is 1. The summed E-state index contributed by atoms with van der Waals surface area (Å²) in [6.45, 7) is 6.91. The van der Waals surface area contributed by atoms with Crippen LogP contribution in [-0.2, 0) is 6.54 Å². The minimum atomic E-state index is -0.394. The molecule has 0 saturated heterocycles. The minimum Gasteiger partial charge on any atom is -0.494 e. The molecule has 0 saturated carbocycles. The molecular weight excluding hydrogens is 292 g/mol. The number of amides is 1. The molecule has 5 heteroatoms. The van der Waals surface area contributed by atoms with Gasteiger partial charge in [0.15, 0.2) is 0 Å². The number of ether oxygens (including phenoxy) is 1. The molecule has 120 valence electrons.